The maximum absolute atomic E-state index is 11.0. The minimum atomic E-state index is -1.01. The quantitative estimate of drug-likeness (QED) is 0.679. The van der Waals surface area contributed by atoms with Crippen molar-refractivity contribution in [2.24, 2.45) is 7.05 Å². The molecule has 0 aliphatic heterocycles. The molecule has 2 aromatic rings. The lowest BCUT2D eigenvalue weighted by molar-refractivity contribution is -0.384. The predicted octanol–water partition coefficient (Wildman–Crippen LogP) is 2.61. The van der Waals surface area contributed by atoms with Gasteiger partial charge < -0.3 is 9.67 Å². The number of hydrogen-bond donors (Lipinski definition) is 1. The van der Waals surface area contributed by atoms with E-state index in [0.717, 1.165) is 11.1 Å². The lowest BCUT2D eigenvalue weighted by Gasteiger charge is -2.08. The SMILES string of the molecule is Cc1cc([N+](=O)[O-])ccc1-c1ccc(C(=O)O)n1C. The Hall–Kier alpha value is -2.63. The lowest BCUT2D eigenvalue weighted by Crippen LogP contribution is -2.05. The number of carbonyl (C=O) groups is 1. The number of hydrogen-bond acceptors (Lipinski definition) is 3. The van der Waals surface area contributed by atoms with Gasteiger partial charge in [-0.25, -0.2) is 4.79 Å². The molecule has 6 nitrogen and oxygen atoms in total. The summed E-state index contributed by atoms with van der Waals surface area (Å²) >= 11 is 0. The van der Waals surface area contributed by atoms with E-state index in [4.69, 9.17) is 5.11 Å². The van der Waals surface area contributed by atoms with Gasteiger partial charge in [-0.05, 0) is 30.7 Å². The van der Waals surface area contributed by atoms with Crippen LogP contribution in [-0.4, -0.2) is 20.6 Å². The average Bonchev–Trinajstić information content (AvgIpc) is 2.71. The number of non-ortho nitro benzene ring substituents is 1. The van der Waals surface area contributed by atoms with E-state index in [1.54, 1.807) is 30.7 Å². The highest BCUT2D eigenvalue weighted by atomic mass is 16.6. The van der Waals surface area contributed by atoms with Crippen molar-refractivity contribution in [2.45, 2.75) is 6.92 Å². The molecule has 0 amide bonds. The average molecular weight is 260 g/mol. The topological polar surface area (TPSA) is 85.4 Å². The molecule has 0 bridgehead atoms. The summed E-state index contributed by atoms with van der Waals surface area (Å²) in [4.78, 5) is 21.2. The number of benzene rings is 1. The number of nitrogens with zero attached hydrogens (tertiary/aromatic N) is 2. The summed E-state index contributed by atoms with van der Waals surface area (Å²) in [6.45, 7) is 1.76. The van der Waals surface area contributed by atoms with E-state index in [0.29, 0.717) is 5.69 Å². The van der Waals surface area contributed by atoms with E-state index in [2.05, 4.69) is 0 Å². The van der Waals surface area contributed by atoms with E-state index in [1.807, 2.05) is 0 Å². The number of aromatic nitrogens is 1. The number of aromatic carboxylic acids is 1. The first-order valence-electron chi connectivity index (χ1n) is 5.56. The van der Waals surface area contributed by atoms with E-state index >= 15 is 0 Å². The Kier molecular flexibility index (Phi) is 3.08. The standard InChI is InChI=1S/C13H12N2O4/c1-8-7-9(15(18)19)3-4-10(8)11-5-6-12(13(16)17)14(11)2/h3-7H,1-2H3,(H,16,17). The van der Waals surface area contributed by atoms with Gasteiger partial charge in [-0.15, -0.1) is 0 Å². The molecule has 1 heterocycles. The molecular formula is C13H12N2O4. The lowest BCUT2D eigenvalue weighted by atomic mass is 10.1. The Morgan fingerprint density at radius 2 is 2.00 bits per heavy atom. The summed E-state index contributed by atoms with van der Waals surface area (Å²) in [5, 5.41) is 19.7. The van der Waals surface area contributed by atoms with Crippen molar-refractivity contribution < 1.29 is 14.8 Å². The van der Waals surface area contributed by atoms with E-state index < -0.39 is 10.9 Å². The van der Waals surface area contributed by atoms with Crippen LogP contribution >= 0.6 is 0 Å². The summed E-state index contributed by atoms with van der Waals surface area (Å²) in [6.07, 6.45) is 0. The van der Waals surface area contributed by atoms with Crippen LogP contribution in [0.1, 0.15) is 16.1 Å². The van der Waals surface area contributed by atoms with Crippen LogP contribution in [-0.2, 0) is 7.05 Å². The van der Waals surface area contributed by atoms with Gasteiger partial charge in [0.05, 0.1) is 4.92 Å². The zero-order valence-electron chi connectivity index (χ0n) is 10.5. The molecule has 1 N–H and O–H groups in total. The first-order chi connectivity index (χ1) is 8.91. The molecule has 0 saturated carbocycles. The summed E-state index contributed by atoms with van der Waals surface area (Å²) in [6, 6.07) is 7.73. The summed E-state index contributed by atoms with van der Waals surface area (Å²) < 4.78 is 1.55. The second-order valence-corrected chi connectivity index (χ2v) is 4.22. The number of nitro benzene ring substituents is 1. The maximum atomic E-state index is 11.0. The van der Waals surface area contributed by atoms with E-state index in [1.165, 1.54) is 18.2 Å². The molecule has 0 unspecified atom stereocenters. The van der Waals surface area contributed by atoms with Crippen molar-refractivity contribution in [1.29, 1.82) is 0 Å². The maximum Gasteiger partial charge on any atom is 0.352 e. The molecule has 98 valence electrons. The van der Waals surface area contributed by atoms with Gasteiger partial charge in [0.15, 0.2) is 0 Å². The zero-order chi connectivity index (χ0) is 14.2. The van der Waals surface area contributed by atoms with Gasteiger partial charge in [0.25, 0.3) is 5.69 Å². The van der Waals surface area contributed by atoms with Gasteiger partial charge in [-0.2, -0.15) is 0 Å². The number of carboxylic acid groups (broad SMARTS) is 1. The van der Waals surface area contributed by atoms with Gasteiger partial charge in [-0.3, -0.25) is 10.1 Å². The normalized spacial score (nSPS) is 10.4. The van der Waals surface area contributed by atoms with Crippen molar-refractivity contribution in [2.75, 3.05) is 0 Å². The second kappa shape index (κ2) is 4.56. The fraction of sp³-hybridized carbons (Fsp3) is 0.154. The summed E-state index contributed by atoms with van der Waals surface area (Å²) in [5.74, 6) is -1.01. The first-order valence-corrected chi connectivity index (χ1v) is 5.56. The highest BCUT2D eigenvalue weighted by Crippen LogP contribution is 2.28. The van der Waals surface area contributed by atoms with Crippen molar-refractivity contribution in [3.8, 4) is 11.3 Å². The molecule has 2 rings (SSSR count). The van der Waals surface area contributed by atoms with Crippen molar-refractivity contribution >= 4 is 11.7 Å². The van der Waals surface area contributed by atoms with Crippen molar-refractivity contribution in [3.05, 3.63) is 51.7 Å². The monoisotopic (exact) mass is 260 g/mol. The Labute approximate surface area is 109 Å². The molecule has 0 radical (unpaired) electrons. The minimum Gasteiger partial charge on any atom is -0.477 e. The fourth-order valence-electron chi connectivity index (χ4n) is 2.05. The Balaban J connectivity index is 2.54. The molecule has 0 fully saturated rings. The fourth-order valence-corrected chi connectivity index (χ4v) is 2.05. The van der Waals surface area contributed by atoms with Gasteiger partial charge in [0.2, 0.25) is 0 Å². The molecule has 1 aromatic heterocycles. The van der Waals surface area contributed by atoms with Crippen LogP contribution in [0.3, 0.4) is 0 Å². The Morgan fingerprint density at radius 3 is 2.47 bits per heavy atom. The predicted molar refractivity (Wildman–Crippen MR) is 69.2 cm³/mol. The van der Waals surface area contributed by atoms with Crippen LogP contribution in [0.15, 0.2) is 30.3 Å². The third-order valence-electron chi connectivity index (χ3n) is 3.04. The Morgan fingerprint density at radius 1 is 1.32 bits per heavy atom. The molecular weight excluding hydrogens is 248 g/mol. The molecule has 1 aromatic carbocycles. The summed E-state index contributed by atoms with van der Waals surface area (Å²) in [7, 11) is 1.65. The molecule has 19 heavy (non-hydrogen) atoms. The zero-order valence-corrected chi connectivity index (χ0v) is 10.5. The van der Waals surface area contributed by atoms with Crippen LogP contribution in [0.25, 0.3) is 11.3 Å². The number of nitro groups is 1. The van der Waals surface area contributed by atoms with Gasteiger partial charge >= 0.3 is 5.97 Å². The molecule has 0 aliphatic carbocycles. The second-order valence-electron chi connectivity index (χ2n) is 4.22. The van der Waals surface area contributed by atoms with Gasteiger partial charge in [0.1, 0.15) is 5.69 Å². The van der Waals surface area contributed by atoms with E-state index in [9.17, 15) is 14.9 Å². The third kappa shape index (κ3) is 2.20. The number of aryl methyl sites for hydroxylation is 1. The van der Waals surface area contributed by atoms with Crippen LogP contribution in [0.4, 0.5) is 5.69 Å². The van der Waals surface area contributed by atoms with Gasteiger partial charge in [0, 0.05) is 30.4 Å². The largest absolute Gasteiger partial charge is 0.477 e. The van der Waals surface area contributed by atoms with Crippen LogP contribution in [0.2, 0.25) is 0 Å². The smallest absolute Gasteiger partial charge is 0.352 e. The van der Waals surface area contributed by atoms with Crippen molar-refractivity contribution in [3.63, 3.8) is 0 Å². The molecule has 0 atom stereocenters. The summed E-state index contributed by atoms with van der Waals surface area (Å²) in [5.41, 5.74) is 2.42. The van der Waals surface area contributed by atoms with Crippen molar-refractivity contribution in [1.82, 2.24) is 4.57 Å². The highest BCUT2D eigenvalue weighted by Gasteiger charge is 2.15. The first kappa shape index (κ1) is 12.8. The van der Waals surface area contributed by atoms with E-state index in [-0.39, 0.29) is 11.4 Å². The number of rotatable bonds is 3. The van der Waals surface area contributed by atoms with Crippen LogP contribution < -0.4 is 0 Å². The van der Waals surface area contributed by atoms with Crippen LogP contribution in [0.5, 0.6) is 0 Å². The van der Waals surface area contributed by atoms with Gasteiger partial charge in [-0.1, -0.05) is 0 Å². The Bertz CT molecular complexity index is 673. The molecule has 6 heteroatoms. The molecule has 0 aliphatic rings. The molecule has 0 spiro atoms. The highest BCUT2D eigenvalue weighted by molar-refractivity contribution is 5.87. The third-order valence-corrected chi connectivity index (χ3v) is 3.04. The molecule has 0 saturated heterocycles. The van der Waals surface area contributed by atoms with Crippen LogP contribution in [0, 0.1) is 17.0 Å². The minimum absolute atomic E-state index is 0.0221. The number of carboxylic acids is 1.